The molecule has 56 valence electrons. The average molecular weight is 159 g/mol. The Kier molecular flexibility index (Phi) is 1.33. The standard InChI is InChI=1S/C8H11ClO/c9-8(5-10)4-6-1-2-7(8)3-6/h1-2,6-7,10H,3-5H2. The minimum Gasteiger partial charge on any atom is -0.395 e. The van der Waals surface area contributed by atoms with Crippen LogP contribution >= 0.6 is 11.6 Å². The molecule has 2 heteroatoms. The number of hydrogen-bond donors (Lipinski definition) is 1. The number of halogens is 1. The van der Waals surface area contributed by atoms with Crippen molar-refractivity contribution in [2.45, 2.75) is 17.7 Å². The summed E-state index contributed by atoms with van der Waals surface area (Å²) < 4.78 is 0. The van der Waals surface area contributed by atoms with Crippen molar-refractivity contribution in [3.8, 4) is 0 Å². The lowest BCUT2D eigenvalue weighted by molar-refractivity contribution is 0.225. The van der Waals surface area contributed by atoms with Gasteiger partial charge in [0.25, 0.3) is 0 Å². The molecular formula is C8H11ClO. The van der Waals surface area contributed by atoms with Crippen LogP contribution in [0.4, 0.5) is 0 Å². The van der Waals surface area contributed by atoms with Gasteiger partial charge in [0.1, 0.15) is 0 Å². The van der Waals surface area contributed by atoms with Crippen molar-refractivity contribution in [3.05, 3.63) is 12.2 Å². The Balaban J connectivity index is 2.22. The minimum absolute atomic E-state index is 0.125. The summed E-state index contributed by atoms with van der Waals surface area (Å²) in [6.07, 6.45) is 6.49. The zero-order valence-electron chi connectivity index (χ0n) is 5.76. The van der Waals surface area contributed by atoms with Gasteiger partial charge in [-0.15, -0.1) is 11.6 Å². The Morgan fingerprint density at radius 2 is 2.40 bits per heavy atom. The second kappa shape index (κ2) is 1.99. The summed E-state index contributed by atoms with van der Waals surface area (Å²) in [4.78, 5) is -0.306. The van der Waals surface area contributed by atoms with E-state index in [1.165, 1.54) is 0 Å². The lowest BCUT2D eigenvalue weighted by Crippen LogP contribution is -2.30. The van der Waals surface area contributed by atoms with E-state index < -0.39 is 0 Å². The molecule has 0 aromatic carbocycles. The summed E-state index contributed by atoms with van der Waals surface area (Å²) in [5.41, 5.74) is 0. The number of fused-ring (bicyclic) bond motifs is 2. The fraction of sp³-hybridized carbons (Fsp3) is 0.750. The van der Waals surface area contributed by atoms with Crippen LogP contribution in [0.3, 0.4) is 0 Å². The number of hydrogen-bond acceptors (Lipinski definition) is 1. The van der Waals surface area contributed by atoms with E-state index in [9.17, 15) is 0 Å². The Labute approximate surface area is 65.7 Å². The molecular weight excluding hydrogens is 148 g/mol. The molecule has 0 amide bonds. The maximum atomic E-state index is 8.98. The van der Waals surface area contributed by atoms with Crippen LogP contribution in [0, 0.1) is 11.8 Å². The highest BCUT2D eigenvalue weighted by molar-refractivity contribution is 6.24. The van der Waals surface area contributed by atoms with Crippen LogP contribution in [0.15, 0.2) is 12.2 Å². The van der Waals surface area contributed by atoms with E-state index in [1.807, 2.05) is 0 Å². The first-order chi connectivity index (χ1) is 4.74. The maximum Gasteiger partial charge on any atom is 0.0744 e. The highest BCUT2D eigenvalue weighted by Gasteiger charge is 2.46. The molecule has 0 aromatic heterocycles. The van der Waals surface area contributed by atoms with Crippen LogP contribution in [-0.2, 0) is 0 Å². The molecule has 1 nitrogen and oxygen atoms in total. The predicted octanol–water partition coefficient (Wildman–Crippen LogP) is 1.55. The Bertz CT molecular complexity index is 178. The lowest BCUT2D eigenvalue weighted by Gasteiger charge is -2.25. The average Bonchev–Trinajstić information content (AvgIpc) is 2.46. The van der Waals surface area contributed by atoms with Gasteiger partial charge in [0.05, 0.1) is 11.5 Å². The zero-order chi connectivity index (χ0) is 7.19. The molecule has 2 aliphatic rings. The Hall–Kier alpha value is -0.0100. The molecule has 0 spiro atoms. The van der Waals surface area contributed by atoms with Gasteiger partial charge in [0, 0.05) is 0 Å². The molecule has 2 rings (SSSR count). The predicted molar refractivity (Wildman–Crippen MR) is 41.0 cm³/mol. The molecule has 0 aromatic rings. The molecule has 1 N–H and O–H groups in total. The molecule has 3 atom stereocenters. The van der Waals surface area contributed by atoms with Crippen molar-refractivity contribution in [2.24, 2.45) is 11.8 Å². The molecule has 0 radical (unpaired) electrons. The van der Waals surface area contributed by atoms with Crippen LogP contribution in [0.5, 0.6) is 0 Å². The molecule has 3 unspecified atom stereocenters. The molecule has 0 saturated heterocycles. The van der Waals surface area contributed by atoms with Crippen LogP contribution in [0.25, 0.3) is 0 Å². The van der Waals surface area contributed by atoms with Crippen molar-refractivity contribution >= 4 is 11.6 Å². The molecule has 2 bridgehead atoms. The number of alkyl halides is 1. The highest BCUT2D eigenvalue weighted by atomic mass is 35.5. The highest BCUT2D eigenvalue weighted by Crippen LogP contribution is 2.49. The quantitative estimate of drug-likeness (QED) is 0.454. The van der Waals surface area contributed by atoms with Crippen molar-refractivity contribution in [1.29, 1.82) is 0 Å². The third-order valence-electron chi connectivity index (χ3n) is 2.70. The van der Waals surface area contributed by atoms with Crippen molar-refractivity contribution in [1.82, 2.24) is 0 Å². The van der Waals surface area contributed by atoms with Crippen molar-refractivity contribution in [3.63, 3.8) is 0 Å². The summed E-state index contributed by atoms with van der Waals surface area (Å²) >= 11 is 6.15. The van der Waals surface area contributed by atoms with Gasteiger partial charge in [-0.3, -0.25) is 0 Å². The third kappa shape index (κ3) is 0.739. The SMILES string of the molecule is OCC1(Cl)CC2C=CC1C2. The van der Waals surface area contributed by atoms with Gasteiger partial charge >= 0.3 is 0 Å². The second-order valence-electron chi connectivity index (χ2n) is 3.38. The van der Waals surface area contributed by atoms with Crippen molar-refractivity contribution < 1.29 is 5.11 Å². The minimum atomic E-state index is -0.306. The van der Waals surface area contributed by atoms with Gasteiger partial charge in [-0.2, -0.15) is 0 Å². The molecule has 0 heterocycles. The number of allylic oxidation sites excluding steroid dienone is 2. The van der Waals surface area contributed by atoms with Gasteiger partial charge in [0.2, 0.25) is 0 Å². The Morgan fingerprint density at radius 3 is 2.70 bits per heavy atom. The number of aliphatic hydroxyl groups excluding tert-OH is 1. The summed E-state index contributed by atoms with van der Waals surface area (Å²) in [5.74, 6) is 1.08. The first kappa shape index (κ1) is 6.68. The third-order valence-corrected chi connectivity index (χ3v) is 3.26. The van der Waals surface area contributed by atoms with Crippen LogP contribution < -0.4 is 0 Å². The lowest BCUT2D eigenvalue weighted by atomic mass is 9.94. The van der Waals surface area contributed by atoms with Crippen molar-refractivity contribution in [2.75, 3.05) is 6.61 Å². The molecule has 2 aliphatic carbocycles. The Morgan fingerprint density at radius 1 is 1.60 bits per heavy atom. The van der Waals surface area contributed by atoms with Crippen LogP contribution in [0.2, 0.25) is 0 Å². The molecule has 1 fully saturated rings. The smallest absolute Gasteiger partial charge is 0.0744 e. The number of aliphatic hydroxyl groups is 1. The van der Waals surface area contributed by atoms with E-state index in [0.29, 0.717) is 11.8 Å². The topological polar surface area (TPSA) is 20.2 Å². The van der Waals surface area contributed by atoms with Crippen LogP contribution in [-0.4, -0.2) is 16.6 Å². The van der Waals surface area contributed by atoms with Gasteiger partial charge in [-0.05, 0) is 24.7 Å². The maximum absolute atomic E-state index is 8.98. The van der Waals surface area contributed by atoms with Gasteiger partial charge in [-0.25, -0.2) is 0 Å². The van der Waals surface area contributed by atoms with Gasteiger partial charge in [0.15, 0.2) is 0 Å². The van der Waals surface area contributed by atoms with Gasteiger partial charge in [-0.1, -0.05) is 12.2 Å². The largest absolute Gasteiger partial charge is 0.395 e. The van der Waals surface area contributed by atoms with E-state index in [2.05, 4.69) is 12.2 Å². The molecule has 1 saturated carbocycles. The van der Waals surface area contributed by atoms with E-state index in [-0.39, 0.29) is 11.5 Å². The van der Waals surface area contributed by atoms with E-state index >= 15 is 0 Å². The monoisotopic (exact) mass is 158 g/mol. The van der Waals surface area contributed by atoms with Gasteiger partial charge < -0.3 is 5.11 Å². The molecule has 0 aliphatic heterocycles. The van der Waals surface area contributed by atoms with E-state index in [1.54, 1.807) is 0 Å². The zero-order valence-corrected chi connectivity index (χ0v) is 6.51. The van der Waals surface area contributed by atoms with E-state index in [4.69, 9.17) is 16.7 Å². The summed E-state index contributed by atoms with van der Waals surface area (Å²) in [7, 11) is 0. The summed E-state index contributed by atoms with van der Waals surface area (Å²) in [6, 6.07) is 0. The summed E-state index contributed by atoms with van der Waals surface area (Å²) in [5, 5.41) is 8.98. The summed E-state index contributed by atoms with van der Waals surface area (Å²) in [6.45, 7) is 0.125. The normalized spacial score (nSPS) is 50.6. The first-order valence-corrected chi connectivity index (χ1v) is 4.10. The number of rotatable bonds is 1. The fourth-order valence-electron chi connectivity index (χ4n) is 2.08. The fourth-order valence-corrected chi connectivity index (χ4v) is 2.44. The van der Waals surface area contributed by atoms with Crippen LogP contribution in [0.1, 0.15) is 12.8 Å². The first-order valence-electron chi connectivity index (χ1n) is 3.73. The molecule has 10 heavy (non-hydrogen) atoms. The second-order valence-corrected chi connectivity index (χ2v) is 4.14. The van der Waals surface area contributed by atoms with E-state index in [0.717, 1.165) is 12.8 Å².